The number of rotatable bonds is 4. The first kappa shape index (κ1) is 9.60. The Bertz CT molecular complexity index is 68.1. The molecular weight excluding hydrogens is 156 g/mol. The van der Waals surface area contributed by atoms with Gasteiger partial charge in [0.05, 0.1) is 6.10 Å². The standard InChI is InChI=1S/C6H13ClOS/c1-5(8)6(2)9-4-3-7/h5-6,8H,3-4H2,1-2H3/t5-,6-/m0/s1. The molecular formula is C6H13ClOS. The van der Waals surface area contributed by atoms with Crippen LogP contribution in [0.15, 0.2) is 0 Å². The van der Waals surface area contributed by atoms with Crippen LogP contribution in [0.3, 0.4) is 0 Å². The minimum absolute atomic E-state index is 0.224. The third-order valence-corrected chi connectivity index (χ3v) is 2.91. The maximum Gasteiger partial charge on any atom is 0.0627 e. The summed E-state index contributed by atoms with van der Waals surface area (Å²) in [6.07, 6.45) is -0.224. The lowest BCUT2D eigenvalue weighted by Crippen LogP contribution is -2.15. The Kier molecular flexibility index (Phi) is 5.75. The topological polar surface area (TPSA) is 20.2 Å². The van der Waals surface area contributed by atoms with E-state index in [0.717, 1.165) is 5.75 Å². The minimum Gasteiger partial charge on any atom is -0.392 e. The molecule has 0 saturated carbocycles. The number of halogens is 1. The SMILES string of the molecule is C[C@H](O)[C@H](C)SCCCl. The van der Waals surface area contributed by atoms with Gasteiger partial charge in [-0.05, 0) is 6.92 Å². The molecule has 0 saturated heterocycles. The van der Waals surface area contributed by atoms with Crippen LogP contribution < -0.4 is 0 Å². The molecule has 0 amide bonds. The summed E-state index contributed by atoms with van der Waals surface area (Å²) in [6.45, 7) is 3.80. The number of aliphatic hydroxyl groups excluding tert-OH is 1. The van der Waals surface area contributed by atoms with Crippen LogP contribution in [0.4, 0.5) is 0 Å². The molecule has 0 rings (SSSR count). The summed E-state index contributed by atoms with van der Waals surface area (Å²) >= 11 is 7.15. The van der Waals surface area contributed by atoms with E-state index in [-0.39, 0.29) is 6.10 Å². The number of hydrogen-bond donors (Lipinski definition) is 1. The van der Waals surface area contributed by atoms with Crippen molar-refractivity contribution in [3.8, 4) is 0 Å². The Morgan fingerprint density at radius 1 is 1.56 bits per heavy atom. The van der Waals surface area contributed by atoms with Gasteiger partial charge in [-0.25, -0.2) is 0 Å². The zero-order valence-corrected chi connectivity index (χ0v) is 7.37. The van der Waals surface area contributed by atoms with E-state index in [1.165, 1.54) is 0 Å². The fourth-order valence-corrected chi connectivity index (χ4v) is 1.38. The smallest absolute Gasteiger partial charge is 0.0627 e. The first-order valence-corrected chi connectivity index (χ1v) is 4.62. The zero-order valence-electron chi connectivity index (χ0n) is 5.80. The van der Waals surface area contributed by atoms with E-state index < -0.39 is 0 Å². The number of thioether (sulfide) groups is 1. The molecule has 0 radical (unpaired) electrons. The molecule has 0 fully saturated rings. The minimum atomic E-state index is -0.224. The Morgan fingerprint density at radius 2 is 2.11 bits per heavy atom. The molecule has 56 valence electrons. The molecule has 0 aliphatic rings. The van der Waals surface area contributed by atoms with E-state index in [2.05, 4.69) is 0 Å². The fraction of sp³-hybridized carbons (Fsp3) is 1.00. The summed E-state index contributed by atoms with van der Waals surface area (Å²) in [5, 5.41) is 9.29. The van der Waals surface area contributed by atoms with Crippen molar-refractivity contribution in [3.63, 3.8) is 0 Å². The lowest BCUT2D eigenvalue weighted by molar-refractivity contribution is 0.196. The van der Waals surface area contributed by atoms with Crippen LogP contribution >= 0.6 is 23.4 Å². The second-order valence-electron chi connectivity index (χ2n) is 2.01. The van der Waals surface area contributed by atoms with E-state index in [4.69, 9.17) is 16.7 Å². The molecule has 0 aromatic rings. The van der Waals surface area contributed by atoms with Crippen molar-refractivity contribution >= 4 is 23.4 Å². The Balaban J connectivity index is 3.16. The molecule has 2 atom stereocenters. The molecule has 9 heavy (non-hydrogen) atoms. The van der Waals surface area contributed by atoms with Gasteiger partial charge in [-0.15, -0.1) is 11.6 Å². The zero-order chi connectivity index (χ0) is 7.28. The van der Waals surface area contributed by atoms with Crippen molar-refractivity contribution in [2.45, 2.75) is 25.2 Å². The summed E-state index contributed by atoms with van der Waals surface area (Å²) in [4.78, 5) is 0. The van der Waals surface area contributed by atoms with Crippen LogP contribution in [0.1, 0.15) is 13.8 Å². The van der Waals surface area contributed by atoms with E-state index in [9.17, 15) is 0 Å². The maximum absolute atomic E-state index is 8.98. The summed E-state index contributed by atoms with van der Waals surface area (Å²) in [5.41, 5.74) is 0. The summed E-state index contributed by atoms with van der Waals surface area (Å²) in [6, 6.07) is 0. The molecule has 0 aliphatic heterocycles. The van der Waals surface area contributed by atoms with Gasteiger partial charge in [-0.1, -0.05) is 6.92 Å². The van der Waals surface area contributed by atoms with Crippen LogP contribution in [0.2, 0.25) is 0 Å². The first-order chi connectivity index (χ1) is 4.18. The highest BCUT2D eigenvalue weighted by Crippen LogP contribution is 2.13. The van der Waals surface area contributed by atoms with E-state index in [0.29, 0.717) is 11.1 Å². The average molecular weight is 169 g/mol. The molecule has 0 bridgehead atoms. The van der Waals surface area contributed by atoms with Gasteiger partial charge in [0.1, 0.15) is 0 Å². The van der Waals surface area contributed by atoms with Gasteiger partial charge in [0.15, 0.2) is 0 Å². The average Bonchev–Trinajstić information content (AvgIpc) is 1.82. The Hall–Kier alpha value is 0.600. The lowest BCUT2D eigenvalue weighted by atomic mass is 10.3. The summed E-state index contributed by atoms with van der Waals surface area (Å²) in [7, 11) is 0. The van der Waals surface area contributed by atoms with Gasteiger partial charge in [0.2, 0.25) is 0 Å². The van der Waals surface area contributed by atoms with Crippen LogP contribution in [-0.2, 0) is 0 Å². The fourth-order valence-electron chi connectivity index (χ4n) is 0.370. The molecule has 0 aliphatic carbocycles. The van der Waals surface area contributed by atoms with Crippen molar-refractivity contribution in [2.75, 3.05) is 11.6 Å². The van der Waals surface area contributed by atoms with Gasteiger partial charge in [0.25, 0.3) is 0 Å². The van der Waals surface area contributed by atoms with Gasteiger partial charge in [-0.2, -0.15) is 11.8 Å². The molecule has 1 N–H and O–H groups in total. The molecule has 0 spiro atoms. The van der Waals surface area contributed by atoms with Crippen LogP contribution in [0.25, 0.3) is 0 Å². The predicted molar refractivity (Wildman–Crippen MR) is 44.3 cm³/mol. The Morgan fingerprint density at radius 3 is 2.44 bits per heavy atom. The largest absolute Gasteiger partial charge is 0.392 e. The van der Waals surface area contributed by atoms with E-state index >= 15 is 0 Å². The van der Waals surface area contributed by atoms with Crippen molar-refractivity contribution in [2.24, 2.45) is 0 Å². The molecule has 3 heteroatoms. The molecule has 0 aromatic carbocycles. The summed E-state index contributed by atoms with van der Waals surface area (Å²) < 4.78 is 0. The van der Waals surface area contributed by atoms with Gasteiger partial charge in [-0.3, -0.25) is 0 Å². The number of hydrogen-bond acceptors (Lipinski definition) is 2. The maximum atomic E-state index is 8.98. The van der Waals surface area contributed by atoms with Gasteiger partial charge < -0.3 is 5.11 Å². The monoisotopic (exact) mass is 168 g/mol. The van der Waals surface area contributed by atoms with Crippen LogP contribution in [0, 0.1) is 0 Å². The third-order valence-electron chi connectivity index (χ3n) is 1.14. The lowest BCUT2D eigenvalue weighted by Gasteiger charge is -2.12. The molecule has 0 heterocycles. The van der Waals surface area contributed by atoms with E-state index in [1.807, 2.05) is 6.92 Å². The second kappa shape index (κ2) is 5.39. The normalized spacial score (nSPS) is 17.3. The molecule has 1 nitrogen and oxygen atoms in total. The predicted octanol–water partition coefficient (Wildman–Crippen LogP) is 1.73. The second-order valence-corrected chi connectivity index (χ2v) is 3.87. The first-order valence-electron chi connectivity index (χ1n) is 3.04. The molecule has 0 aromatic heterocycles. The third kappa shape index (κ3) is 5.07. The quantitative estimate of drug-likeness (QED) is 0.646. The van der Waals surface area contributed by atoms with Gasteiger partial charge in [0, 0.05) is 16.9 Å². The molecule has 0 unspecified atom stereocenters. The summed E-state index contributed by atoms with van der Waals surface area (Å²) in [5.74, 6) is 1.59. The van der Waals surface area contributed by atoms with Crippen molar-refractivity contribution < 1.29 is 5.11 Å². The van der Waals surface area contributed by atoms with Crippen molar-refractivity contribution in [1.29, 1.82) is 0 Å². The van der Waals surface area contributed by atoms with Crippen LogP contribution in [0.5, 0.6) is 0 Å². The van der Waals surface area contributed by atoms with Crippen molar-refractivity contribution in [1.82, 2.24) is 0 Å². The Labute approximate surface area is 65.8 Å². The number of aliphatic hydroxyl groups is 1. The van der Waals surface area contributed by atoms with E-state index in [1.54, 1.807) is 18.7 Å². The van der Waals surface area contributed by atoms with Gasteiger partial charge >= 0.3 is 0 Å². The highest BCUT2D eigenvalue weighted by Gasteiger charge is 2.07. The number of alkyl halides is 1. The van der Waals surface area contributed by atoms with Crippen LogP contribution in [-0.4, -0.2) is 28.1 Å². The highest BCUT2D eigenvalue weighted by molar-refractivity contribution is 8.00. The highest BCUT2D eigenvalue weighted by atomic mass is 35.5. The van der Waals surface area contributed by atoms with Crippen molar-refractivity contribution in [3.05, 3.63) is 0 Å².